The lowest BCUT2D eigenvalue weighted by atomic mass is 10.2. The highest BCUT2D eigenvalue weighted by atomic mass is 32.2. The van der Waals surface area contributed by atoms with Crippen molar-refractivity contribution in [2.45, 2.75) is 50.3 Å². The van der Waals surface area contributed by atoms with E-state index in [9.17, 15) is 4.79 Å². The SMILES string of the molecule is CCSc1nc(NC(C)C)c2cnn(CCNC(=O)c3ccccc3SCC)c2n1. The zero-order chi connectivity index (χ0) is 21.5. The number of anilines is 1. The summed E-state index contributed by atoms with van der Waals surface area (Å²) >= 11 is 3.27. The van der Waals surface area contributed by atoms with Crippen LogP contribution in [0.1, 0.15) is 38.1 Å². The highest BCUT2D eigenvalue weighted by Gasteiger charge is 2.15. The van der Waals surface area contributed by atoms with Gasteiger partial charge in [0.1, 0.15) is 5.82 Å². The quantitative estimate of drug-likeness (QED) is 0.356. The molecule has 9 heteroatoms. The van der Waals surface area contributed by atoms with E-state index >= 15 is 0 Å². The third kappa shape index (κ3) is 5.46. The van der Waals surface area contributed by atoms with Crippen LogP contribution in [0.4, 0.5) is 5.82 Å². The molecule has 0 fully saturated rings. The second-order valence-electron chi connectivity index (χ2n) is 6.88. The summed E-state index contributed by atoms with van der Waals surface area (Å²) in [4.78, 5) is 23.0. The predicted molar refractivity (Wildman–Crippen MR) is 126 cm³/mol. The van der Waals surface area contributed by atoms with Crippen molar-refractivity contribution in [1.29, 1.82) is 0 Å². The number of benzene rings is 1. The first-order valence-electron chi connectivity index (χ1n) is 10.2. The van der Waals surface area contributed by atoms with Gasteiger partial charge in [0.15, 0.2) is 10.8 Å². The van der Waals surface area contributed by atoms with Crippen molar-refractivity contribution < 1.29 is 4.79 Å². The molecule has 160 valence electrons. The van der Waals surface area contributed by atoms with Crippen molar-refractivity contribution >= 4 is 46.3 Å². The number of rotatable bonds is 10. The fourth-order valence-corrected chi connectivity index (χ4v) is 4.35. The summed E-state index contributed by atoms with van der Waals surface area (Å²) in [5.74, 6) is 2.55. The number of carbonyl (C=O) groups is 1. The molecule has 2 N–H and O–H groups in total. The zero-order valence-electron chi connectivity index (χ0n) is 17.8. The van der Waals surface area contributed by atoms with Crippen LogP contribution in [-0.2, 0) is 6.54 Å². The van der Waals surface area contributed by atoms with E-state index in [0.717, 1.165) is 38.4 Å². The highest BCUT2D eigenvalue weighted by Crippen LogP contribution is 2.25. The van der Waals surface area contributed by atoms with Gasteiger partial charge in [0.05, 0.1) is 23.7 Å². The van der Waals surface area contributed by atoms with Gasteiger partial charge in [0.2, 0.25) is 0 Å². The van der Waals surface area contributed by atoms with E-state index in [-0.39, 0.29) is 11.9 Å². The van der Waals surface area contributed by atoms with Gasteiger partial charge in [-0.3, -0.25) is 4.79 Å². The zero-order valence-corrected chi connectivity index (χ0v) is 19.4. The summed E-state index contributed by atoms with van der Waals surface area (Å²) in [6.45, 7) is 9.32. The van der Waals surface area contributed by atoms with Gasteiger partial charge in [-0.2, -0.15) is 5.10 Å². The summed E-state index contributed by atoms with van der Waals surface area (Å²) < 4.78 is 1.83. The number of hydrogen-bond acceptors (Lipinski definition) is 7. The number of carbonyl (C=O) groups excluding carboxylic acids is 1. The molecule has 0 aliphatic rings. The van der Waals surface area contributed by atoms with Gasteiger partial charge in [0, 0.05) is 17.5 Å². The summed E-state index contributed by atoms with van der Waals surface area (Å²) in [5, 5.41) is 12.5. The average molecular weight is 445 g/mol. The van der Waals surface area contributed by atoms with Gasteiger partial charge in [-0.25, -0.2) is 14.6 Å². The van der Waals surface area contributed by atoms with Crippen molar-refractivity contribution in [1.82, 2.24) is 25.1 Å². The van der Waals surface area contributed by atoms with E-state index in [1.54, 1.807) is 29.7 Å². The lowest BCUT2D eigenvalue weighted by Crippen LogP contribution is -2.28. The number of thioether (sulfide) groups is 2. The Morgan fingerprint density at radius 1 is 1.13 bits per heavy atom. The molecule has 2 aromatic heterocycles. The minimum atomic E-state index is -0.0676. The Morgan fingerprint density at radius 2 is 1.90 bits per heavy atom. The van der Waals surface area contributed by atoms with Crippen LogP contribution in [0.15, 0.2) is 40.5 Å². The normalized spacial score (nSPS) is 11.2. The molecule has 3 rings (SSSR count). The molecule has 0 aliphatic carbocycles. The Hall–Kier alpha value is -2.26. The average Bonchev–Trinajstić information content (AvgIpc) is 3.12. The van der Waals surface area contributed by atoms with Crippen molar-refractivity contribution in [2.75, 3.05) is 23.4 Å². The van der Waals surface area contributed by atoms with Crippen LogP contribution in [-0.4, -0.2) is 49.7 Å². The lowest BCUT2D eigenvalue weighted by Gasteiger charge is -2.12. The van der Waals surface area contributed by atoms with Gasteiger partial charge < -0.3 is 10.6 Å². The molecular weight excluding hydrogens is 416 g/mol. The minimum Gasteiger partial charge on any atom is -0.367 e. The highest BCUT2D eigenvalue weighted by molar-refractivity contribution is 7.99. The Morgan fingerprint density at radius 3 is 2.63 bits per heavy atom. The number of amides is 1. The summed E-state index contributed by atoms with van der Waals surface area (Å²) in [7, 11) is 0. The first kappa shape index (κ1) is 22.4. The van der Waals surface area contributed by atoms with Crippen LogP contribution in [0.25, 0.3) is 11.0 Å². The molecule has 0 radical (unpaired) electrons. The van der Waals surface area contributed by atoms with Crippen LogP contribution in [0.3, 0.4) is 0 Å². The number of hydrogen-bond donors (Lipinski definition) is 2. The second-order valence-corrected chi connectivity index (χ2v) is 9.41. The third-order valence-electron chi connectivity index (χ3n) is 4.22. The van der Waals surface area contributed by atoms with Crippen LogP contribution in [0.2, 0.25) is 0 Å². The van der Waals surface area contributed by atoms with E-state index in [0.29, 0.717) is 18.7 Å². The van der Waals surface area contributed by atoms with Crippen LogP contribution in [0, 0.1) is 0 Å². The van der Waals surface area contributed by atoms with Crippen molar-refractivity contribution in [3.63, 3.8) is 0 Å². The molecule has 0 saturated carbocycles. The summed E-state index contributed by atoms with van der Waals surface area (Å²) in [5.41, 5.74) is 1.49. The molecule has 1 amide bonds. The maximum Gasteiger partial charge on any atom is 0.252 e. The lowest BCUT2D eigenvalue weighted by molar-refractivity contribution is 0.0949. The van der Waals surface area contributed by atoms with E-state index < -0.39 is 0 Å². The molecule has 0 bridgehead atoms. The maximum atomic E-state index is 12.7. The van der Waals surface area contributed by atoms with Crippen molar-refractivity contribution in [2.24, 2.45) is 0 Å². The van der Waals surface area contributed by atoms with Gasteiger partial charge in [-0.05, 0) is 37.5 Å². The topological polar surface area (TPSA) is 84.7 Å². The first-order chi connectivity index (χ1) is 14.5. The molecule has 1 aromatic carbocycles. The molecule has 30 heavy (non-hydrogen) atoms. The number of aromatic nitrogens is 4. The van der Waals surface area contributed by atoms with Gasteiger partial charge in [-0.15, -0.1) is 11.8 Å². The summed E-state index contributed by atoms with van der Waals surface area (Å²) in [6.07, 6.45) is 1.79. The predicted octanol–water partition coefficient (Wildman–Crippen LogP) is 4.30. The largest absolute Gasteiger partial charge is 0.367 e. The van der Waals surface area contributed by atoms with Crippen LogP contribution in [0.5, 0.6) is 0 Å². The molecule has 3 aromatic rings. The monoisotopic (exact) mass is 444 g/mol. The van der Waals surface area contributed by atoms with E-state index in [2.05, 4.69) is 53.4 Å². The fourth-order valence-electron chi connectivity index (χ4n) is 2.98. The van der Waals surface area contributed by atoms with E-state index in [1.807, 2.05) is 28.9 Å². The van der Waals surface area contributed by atoms with Gasteiger partial charge >= 0.3 is 0 Å². The molecular formula is C21H28N6OS2. The molecule has 2 heterocycles. The Labute approximate surface area is 185 Å². The van der Waals surface area contributed by atoms with E-state index in [1.165, 1.54) is 0 Å². The van der Waals surface area contributed by atoms with Crippen LogP contribution < -0.4 is 10.6 Å². The van der Waals surface area contributed by atoms with Gasteiger partial charge in [0.25, 0.3) is 5.91 Å². The number of nitrogens with zero attached hydrogens (tertiary/aromatic N) is 4. The van der Waals surface area contributed by atoms with Crippen molar-refractivity contribution in [3.8, 4) is 0 Å². The third-order valence-corrected chi connectivity index (χ3v) is 5.90. The Kier molecular flexibility index (Phi) is 7.98. The first-order valence-corrected chi connectivity index (χ1v) is 12.1. The van der Waals surface area contributed by atoms with Crippen molar-refractivity contribution in [3.05, 3.63) is 36.0 Å². The molecule has 0 saturated heterocycles. The Bertz CT molecular complexity index is 1000. The molecule has 0 atom stereocenters. The van der Waals surface area contributed by atoms with Gasteiger partial charge in [-0.1, -0.05) is 37.7 Å². The molecule has 7 nitrogen and oxygen atoms in total. The second kappa shape index (κ2) is 10.7. The minimum absolute atomic E-state index is 0.0676. The Balaban J connectivity index is 1.75. The number of nitrogens with one attached hydrogen (secondary N) is 2. The summed E-state index contributed by atoms with van der Waals surface area (Å²) in [6, 6.07) is 7.95. The molecule has 0 spiro atoms. The fraction of sp³-hybridized carbons (Fsp3) is 0.429. The van der Waals surface area contributed by atoms with E-state index in [4.69, 9.17) is 0 Å². The molecule has 0 aliphatic heterocycles. The molecule has 0 unspecified atom stereocenters. The van der Waals surface area contributed by atoms with Crippen LogP contribution >= 0.6 is 23.5 Å². The standard InChI is InChI=1S/C21H28N6OS2/c1-5-29-17-10-8-7-9-15(17)20(28)22-11-12-27-19-16(13-23-27)18(24-14(3)4)25-21(26-19)30-6-2/h7-10,13-14H,5-6,11-12H2,1-4H3,(H,22,28)(H,24,25,26). The number of fused-ring (bicyclic) bond motifs is 1. The smallest absolute Gasteiger partial charge is 0.252 e. The maximum absolute atomic E-state index is 12.7.